The van der Waals surface area contributed by atoms with Crippen LogP contribution in [0, 0.1) is 11.3 Å². The number of hydrogen-bond donors (Lipinski definition) is 0. The zero-order valence-corrected chi connectivity index (χ0v) is 9.53. The van der Waals surface area contributed by atoms with Crippen LogP contribution in [-0.2, 0) is 13.0 Å². The Hall–Kier alpha value is -1.37. The van der Waals surface area contributed by atoms with Crippen LogP contribution in [0.25, 0.3) is 0 Å². The lowest BCUT2D eigenvalue weighted by molar-refractivity contribution is 0.548. The average Bonchev–Trinajstić information content (AvgIpc) is 2.65. The zero-order chi connectivity index (χ0) is 11.1. The van der Waals surface area contributed by atoms with Crippen LogP contribution in [0.5, 0.6) is 0 Å². The summed E-state index contributed by atoms with van der Waals surface area (Å²) in [5.74, 6) is 0. The second kappa shape index (κ2) is 6.18. The van der Waals surface area contributed by atoms with E-state index in [0.29, 0.717) is 5.69 Å². The molecule has 0 atom stereocenters. The summed E-state index contributed by atoms with van der Waals surface area (Å²) < 4.78 is 1.73. The van der Waals surface area contributed by atoms with Crippen molar-refractivity contribution in [1.82, 2.24) is 15.0 Å². The Labute approximate surface area is 90.9 Å². The van der Waals surface area contributed by atoms with Crippen molar-refractivity contribution in [3.05, 3.63) is 11.4 Å². The Morgan fingerprint density at radius 1 is 1.27 bits per heavy atom. The van der Waals surface area contributed by atoms with E-state index in [9.17, 15) is 0 Å². The molecular formula is C11H18N4. The first-order chi connectivity index (χ1) is 7.33. The van der Waals surface area contributed by atoms with Gasteiger partial charge in [-0.1, -0.05) is 31.9 Å². The predicted octanol–water partition coefficient (Wildman–Crippen LogP) is 2.29. The van der Waals surface area contributed by atoms with Crippen LogP contribution in [0.2, 0.25) is 0 Å². The highest BCUT2D eigenvalue weighted by molar-refractivity contribution is 5.25. The number of nitriles is 1. The maximum absolute atomic E-state index is 9.04. The average molecular weight is 206 g/mol. The minimum atomic E-state index is 0.650. The topological polar surface area (TPSA) is 54.5 Å². The molecule has 0 aliphatic carbocycles. The highest BCUT2D eigenvalue weighted by Crippen LogP contribution is 2.08. The summed E-state index contributed by atoms with van der Waals surface area (Å²) in [4.78, 5) is 0. The van der Waals surface area contributed by atoms with Gasteiger partial charge in [0.05, 0.1) is 0 Å². The Morgan fingerprint density at radius 2 is 2.00 bits per heavy atom. The van der Waals surface area contributed by atoms with Crippen LogP contribution < -0.4 is 0 Å². The van der Waals surface area contributed by atoms with E-state index >= 15 is 0 Å². The fraction of sp³-hybridized carbons (Fsp3) is 0.727. The van der Waals surface area contributed by atoms with Gasteiger partial charge in [-0.15, -0.1) is 5.10 Å². The number of aryl methyl sites for hydroxylation is 2. The third kappa shape index (κ3) is 3.05. The quantitative estimate of drug-likeness (QED) is 0.717. The third-order valence-electron chi connectivity index (χ3n) is 2.40. The molecule has 15 heavy (non-hydrogen) atoms. The fourth-order valence-corrected chi connectivity index (χ4v) is 1.45. The van der Waals surface area contributed by atoms with Gasteiger partial charge < -0.3 is 0 Å². The Balaban J connectivity index is 2.72. The van der Waals surface area contributed by atoms with E-state index in [2.05, 4.69) is 30.2 Å². The molecule has 0 aromatic carbocycles. The molecule has 82 valence electrons. The molecule has 0 saturated heterocycles. The molecule has 0 aliphatic rings. The maximum atomic E-state index is 9.04. The summed E-state index contributed by atoms with van der Waals surface area (Å²) >= 11 is 0. The summed E-state index contributed by atoms with van der Waals surface area (Å²) in [5, 5.41) is 17.1. The predicted molar refractivity (Wildman–Crippen MR) is 58.3 cm³/mol. The van der Waals surface area contributed by atoms with Crippen LogP contribution >= 0.6 is 0 Å². The van der Waals surface area contributed by atoms with Gasteiger partial charge in [0.15, 0.2) is 5.69 Å². The van der Waals surface area contributed by atoms with E-state index in [1.54, 1.807) is 4.68 Å². The second-order valence-corrected chi connectivity index (χ2v) is 3.68. The van der Waals surface area contributed by atoms with Gasteiger partial charge in [0.25, 0.3) is 0 Å². The lowest BCUT2D eigenvalue weighted by Gasteiger charge is -1.99. The second-order valence-electron chi connectivity index (χ2n) is 3.68. The van der Waals surface area contributed by atoms with E-state index in [0.717, 1.165) is 44.3 Å². The minimum Gasteiger partial charge on any atom is -0.234 e. The van der Waals surface area contributed by atoms with Crippen LogP contribution in [-0.4, -0.2) is 15.0 Å². The van der Waals surface area contributed by atoms with Gasteiger partial charge in [0, 0.05) is 6.54 Å². The summed E-state index contributed by atoms with van der Waals surface area (Å²) in [6, 6.07) is 2.20. The van der Waals surface area contributed by atoms with E-state index in [4.69, 9.17) is 5.26 Å². The van der Waals surface area contributed by atoms with Crippen molar-refractivity contribution >= 4 is 0 Å². The summed E-state index contributed by atoms with van der Waals surface area (Å²) in [5.41, 5.74) is 1.51. The van der Waals surface area contributed by atoms with Crippen molar-refractivity contribution < 1.29 is 0 Å². The van der Waals surface area contributed by atoms with Gasteiger partial charge in [-0.3, -0.25) is 0 Å². The molecule has 0 amide bonds. The van der Waals surface area contributed by atoms with E-state index < -0.39 is 0 Å². The zero-order valence-electron chi connectivity index (χ0n) is 9.53. The molecule has 0 unspecified atom stereocenters. The summed E-state index contributed by atoms with van der Waals surface area (Å²) in [7, 11) is 0. The van der Waals surface area contributed by atoms with Crippen molar-refractivity contribution in [1.29, 1.82) is 5.26 Å². The van der Waals surface area contributed by atoms with Crippen molar-refractivity contribution in [3.8, 4) is 6.07 Å². The van der Waals surface area contributed by atoms with Gasteiger partial charge in [-0.25, -0.2) is 4.68 Å². The van der Waals surface area contributed by atoms with Gasteiger partial charge in [0.1, 0.15) is 11.8 Å². The van der Waals surface area contributed by atoms with E-state index in [1.807, 2.05) is 0 Å². The van der Waals surface area contributed by atoms with E-state index in [-0.39, 0.29) is 0 Å². The van der Waals surface area contributed by atoms with Gasteiger partial charge in [-0.05, 0) is 19.3 Å². The lowest BCUT2D eigenvalue weighted by atomic mass is 10.2. The monoisotopic (exact) mass is 206 g/mol. The van der Waals surface area contributed by atoms with Gasteiger partial charge >= 0.3 is 0 Å². The maximum Gasteiger partial charge on any atom is 0.161 e. The van der Waals surface area contributed by atoms with Crippen molar-refractivity contribution in [2.45, 2.75) is 52.5 Å². The molecule has 0 spiro atoms. The van der Waals surface area contributed by atoms with Crippen molar-refractivity contribution in [2.75, 3.05) is 0 Å². The largest absolute Gasteiger partial charge is 0.234 e. The first-order valence-electron chi connectivity index (χ1n) is 5.65. The molecule has 1 rings (SSSR count). The van der Waals surface area contributed by atoms with Crippen molar-refractivity contribution in [3.63, 3.8) is 0 Å². The Morgan fingerprint density at radius 3 is 2.60 bits per heavy atom. The fourth-order valence-electron chi connectivity index (χ4n) is 1.45. The molecule has 0 fully saturated rings. The molecule has 4 nitrogen and oxygen atoms in total. The number of unbranched alkanes of at least 4 members (excludes halogenated alkanes) is 2. The highest BCUT2D eigenvalue weighted by atomic mass is 15.4. The molecule has 0 N–H and O–H groups in total. The van der Waals surface area contributed by atoms with Crippen LogP contribution in [0.15, 0.2) is 0 Å². The van der Waals surface area contributed by atoms with E-state index in [1.165, 1.54) is 0 Å². The smallest absolute Gasteiger partial charge is 0.161 e. The molecule has 0 saturated carbocycles. The van der Waals surface area contributed by atoms with Gasteiger partial charge in [-0.2, -0.15) is 5.26 Å². The number of nitrogens with zero attached hydrogens (tertiary/aromatic N) is 4. The van der Waals surface area contributed by atoms with Crippen LogP contribution in [0.4, 0.5) is 0 Å². The highest BCUT2D eigenvalue weighted by Gasteiger charge is 2.10. The molecule has 4 heteroatoms. The standard InChI is InChI=1S/C11H18N4/c1-3-5-7-10-11(9-12)15(14-13-10)8-6-4-2/h3-8H2,1-2H3. The molecule has 0 bridgehead atoms. The lowest BCUT2D eigenvalue weighted by Crippen LogP contribution is -2.03. The molecule has 1 heterocycles. The first kappa shape index (κ1) is 11.7. The molecule has 1 aromatic heterocycles. The number of hydrogen-bond acceptors (Lipinski definition) is 3. The molecule has 0 radical (unpaired) electrons. The Bertz CT molecular complexity index is 309. The number of aromatic nitrogens is 3. The summed E-state index contributed by atoms with van der Waals surface area (Å²) in [6.07, 6.45) is 5.21. The Kier molecular flexibility index (Phi) is 4.82. The molecular weight excluding hydrogens is 188 g/mol. The van der Waals surface area contributed by atoms with Crippen molar-refractivity contribution in [2.24, 2.45) is 0 Å². The minimum absolute atomic E-state index is 0.650. The molecule has 1 aromatic rings. The van der Waals surface area contributed by atoms with Crippen LogP contribution in [0.1, 0.15) is 50.9 Å². The SMILES string of the molecule is CCCCc1nnn(CCCC)c1C#N. The number of rotatable bonds is 6. The third-order valence-corrected chi connectivity index (χ3v) is 2.40. The van der Waals surface area contributed by atoms with Crippen LogP contribution in [0.3, 0.4) is 0 Å². The summed E-state index contributed by atoms with van der Waals surface area (Å²) in [6.45, 7) is 5.06. The first-order valence-corrected chi connectivity index (χ1v) is 5.65. The normalized spacial score (nSPS) is 10.2. The van der Waals surface area contributed by atoms with Gasteiger partial charge in [0.2, 0.25) is 0 Å². The molecule has 0 aliphatic heterocycles.